The molecule has 0 aliphatic carbocycles. The van der Waals surface area contributed by atoms with Gasteiger partial charge in [-0.15, -0.1) is 0 Å². The molecular weight excluding hydrogens is 238 g/mol. The van der Waals surface area contributed by atoms with E-state index in [1.54, 1.807) is 12.4 Å². The summed E-state index contributed by atoms with van der Waals surface area (Å²) < 4.78 is 5.85. The van der Waals surface area contributed by atoms with Gasteiger partial charge in [-0.3, -0.25) is 4.98 Å². The highest BCUT2D eigenvalue weighted by atomic mass is 16.5. The molecule has 0 atom stereocenters. The number of aryl methyl sites for hydroxylation is 2. The lowest BCUT2D eigenvalue weighted by Gasteiger charge is -2.13. The van der Waals surface area contributed by atoms with Crippen molar-refractivity contribution in [3.63, 3.8) is 0 Å². The van der Waals surface area contributed by atoms with Crippen molar-refractivity contribution < 1.29 is 4.74 Å². The summed E-state index contributed by atoms with van der Waals surface area (Å²) in [5, 5.41) is 3.32. The first-order valence-electron chi connectivity index (χ1n) is 6.46. The van der Waals surface area contributed by atoms with Gasteiger partial charge in [0.2, 0.25) is 5.88 Å². The van der Waals surface area contributed by atoms with E-state index in [0.29, 0.717) is 11.6 Å². The molecule has 0 spiro atoms. The molecule has 100 valence electrons. The summed E-state index contributed by atoms with van der Waals surface area (Å²) in [4.78, 5) is 8.54. The van der Waals surface area contributed by atoms with Crippen molar-refractivity contribution in [1.29, 1.82) is 0 Å². The number of rotatable bonds is 5. The van der Waals surface area contributed by atoms with Gasteiger partial charge in [-0.25, -0.2) is 4.98 Å². The third-order valence-corrected chi connectivity index (χ3v) is 2.84. The molecule has 1 N–H and O–H groups in total. The molecule has 0 fully saturated rings. The predicted molar refractivity (Wildman–Crippen MR) is 75.4 cm³/mol. The minimum Gasteiger partial charge on any atom is -0.437 e. The third-order valence-electron chi connectivity index (χ3n) is 2.84. The topological polar surface area (TPSA) is 47.0 Å². The first-order chi connectivity index (χ1) is 9.20. The summed E-state index contributed by atoms with van der Waals surface area (Å²) in [5.41, 5.74) is 3.24. The molecule has 0 saturated carbocycles. The maximum atomic E-state index is 5.85. The van der Waals surface area contributed by atoms with Crippen molar-refractivity contribution >= 4 is 0 Å². The third kappa shape index (κ3) is 3.51. The van der Waals surface area contributed by atoms with Crippen LogP contribution in [0.1, 0.15) is 23.7 Å². The summed E-state index contributed by atoms with van der Waals surface area (Å²) in [5.74, 6) is 1.36. The monoisotopic (exact) mass is 257 g/mol. The van der Waals surface area contributed by atoms with Crippen molar-refractivity contribution in [2.45, 2.75) is 27.3 Å². The van der Waals surface area contributed by atoms with Gasteiger partial charge in [0.1, 0.15) is 5.75 Å². The van der Waals surface area contributed by atoms with Crippen LogP contribution >= 0.6 is 0 Å². The molecule has 0 amide bonds. The molecule has 0 radical (unpaired) electrons. The molecule has 0 bridgehead atoms. The Balaban J connectivity index is 2.31. The van der Waals surface area contributed by atoms with Gasteiger partial charge in [0, 0.05) is 24.0 Å². The molecule has 2 aromatic heterocycles. The van der Waals surface area contributed by atoms with Crippen LogP contribution in [-0.2, 0) is 6.54 Å². The second-order valence-corrected chi connectivity index (χ2v) is 4.44. The standard InChI is InChI=1S/C15H19N3O/c1-4-16-10-14-11(2)8-12(3)18-15(14)19-13-6-5-7-17-9-13/h5-9,16H,4,10H2,1-3H3. The molecule has 0 aromatic carbocycles. The maximum absolute atomic E-state index is 5.85. The number of ether oxygens (including phenoxy) is 1. The number of hydrogen-bond donors (Lipinski definition) is 1. The Bertz CT molecular complexity index is 541. The summed E-state index contributed by atoms with van der Waals surface area (Å²) in [7, 11) is 0. The van der Waals surface area contributed by atoms with Crippen LogP contribution in [0.3, 0.4) is 0 Å². The highest BCUT2D eigenvalue weighted by Gasteiger charge is 2.10. The van der Waals surface area contributed by atoms with Gasteiger partial charge in [-0.1, -0.05) is 6.92 Å². The molecule has 0 unspecified atom stereocenters. The zero-order chi connectivity index (χ0) is 13.7. The molecule has 2 heterocycles. The number of nitrogens with zero attached hydrogens (tertiary/aromatic N) is 2. The van der Waals surface area contributed by atoms with E-state index in [4.69, 9.17) is 4.74 Å². The number of hydrogen-bond acceptors (Lipinski definition) is 4. The number of nitrogens with one attached hydrogen (secondary N) is 1. The average Bonchev–Trinajstić information content (AvgIpc) is 2.39. The van der Waals surface area contributed by atoms with Gasteiger partial charge in [-0.05, 0) is 44.2 Å². The zero-order valence-electron chi connectivity index (χ0n) is 11.6. The van der Waals surface area contributed by atoms with E-state index in [0.717, 1.165) is 24.3 Å². The van der Waals surface area contributed by atoms with Crippen LogP contribution in [0, 0.1) is 13.8 Å². The second kappa shape index (κ2) is 6.29. The lowest BCUT2D eigenvalue weighted by molar-refractivity contribution is 0.449. The Kier molecular flexibility index (Phi) is 4.47. The summed E-state index contributed by atoms with van der Waals surface area (Å²) in [6.07, 6.45) is 3.41. The summed E-state index contributed by atoms with van der Waals surface area (Å²) >= 11 is 0. The molecular formula is C15H19N3O. The van der Waals surface area contributed by atoms with E-state index in [1.807, 2.05) is 19.1 Å². The fourth-order valence-electron chi connectivity index (χ4n) is 1.90. The van der Waals surface area contributed by atoms with Gasteiger partial charge in [0.15, 0.2) is 0 Å². The van der Waals surface area contributed by atoms with Crippen LogP contribution in [0.4, 0.5) is 0 Å². The Labute approximate surface area is 113 Å². The molecule has 2 aromatic rings. The highest BCUT2D eigenvalue weighted by Crippen LogP contribution is 2.25. The first kappa shape index (κ1) is 13.5. The van der Waals surface area contributed by atoms with Gasteiger partial charge < -0.3 is 10.1 Å². The van der Waals surface area contributed by atoms with E-state index in [9.17, 15) is 0 Å². The van der Waals surface area contributed by atoms with Crippen LogP contribution in [0.15, 0.2) is 30.6 Å². The fourth-order valence-corrected chi connectivity index (χ4v) is 1.90. The minimum atomic E-state index is 0.659. The van der Waals surface area contributed by atoms with Crippen molar-refractivity contribution in [2.75, 3.05) is 6.54 Å². The Morgan fingerprint density at radius 1 is 1.32 bits per heavy atom. The van der Waals surface area contributed by atoms with Crippen LogP contribution in [0.25, 0.3) is 0 Å². The van der Waals surface area contributed by atoms with Crippen molar-refractivity contribution in [1.82, 2.24) is 15.3 Å². The van der Waals surface area contributed by atoms with Crippen LogP contribution in [0.5, 0.6) is 11.6 Å². The van der Waals surface area contributed by atoms with E-state index in [2.05, 4.69) is 35.2 Å². The van der Waals surface area contributed by atoms with E-state index >= 15 is 0 Å². The molecule has 2 rings (SSSR count). The Morgan fingerprint density at radius 2 is 2.16 bits per heavy atom. The minimum absolute atomic E-state index is 0.659. The smallest absolute Gasteiger partial charge is 0.224 e. The van der Waals surface area contributed by atoms with Crippen molar-refractivity contribution in [3.8, 4) is 11.6 Å². The molecule has 0 saturated heterocycles. The van der Waals surface area contributed by atoms with Crippen molar-refractivity contribution in [2.24, 2.45) is 0 Å². The number of aromatic nitrogens is 2. The van der Waals surface area contributed by atoms with Crippen LogP contribution < -0.4 is 10.1 Å². The van der Waals surface area contributed by atoms with E-state index in [1.165, 1.54) is 5.56 Å². The largest absolute Gasteiger partial charge is 0.437 e. The zero-order valence-corrected chi connectivity index (χ0v) is 11.6. The molecule has 4 heteroatoms. The summed E-state index contributed by atoms with van der Waals surface area (Å²) in [6.45, 7) is 7.81. The molecule has 0 aliphatic heterocycles. The van der Waals surface area contributed by atoms with Gasteiger partial charge in [-0.2, -0.15) is 0 Å². The molecule has 4 nitrogen and oxygen atoms in total. The SMILES string of the molecule is CCNCc1c(C)cc(C)nc1Oc1cccnc1. The Morgan fingerprint density at radius 3 is 2.84 bits per heavy atom. The maximum Gasteiger partial charge on any atom is 0.224 e. The van der Waals surface area contributed by atoms with Crippen LogP contribution in [-0.4, -0.2) is 16.5 Å². The summed E-state index contributed by atoms with van der Waals surface area (Å²) in [6, 6.07) is 5.80. The average molecular weight is 257 g/mol. The molecule has 19 heavy (non-hydrogen) atoms. The quantitative estimate of drug-likeness (QED) is 0.894. The Hall–Kier alpha value is -1.94. The van der Waals surface area contributed by atoms with E-state index in [-0.39, 0.29) is 0 Å². The lowest BCUT2D eigenvalue weighted by atomic mass is 10.1. The van der Waals surface area contributed by atoms with E-state index < -0.39 is 0 Å². The number of pyridine rings is 2. The highest BCUT2D eigenvalue weighted by molar-refractivity contribution is 5.38. The predicted octanol–water partition coefficient (Wildman–Crippen LogP) is 3.00. The van der Waals surface area contributed by atoms with Gasteiger partial charge in [0.05, 0.1) is 6.20 Å². The fraction of sp³-hybridized carbons (Fsp3) is 0.333. The normalized spacial score (nSPS) is 10.5. The van der Waals surface area contributed by atoms with Crippen molar-refractivity contribution in [3.05, 3.63) is 47.4 Å². The van der Waals surface area contributed by atoms with Gasteiger partial charge in [0.25, 0.3) is 0 Å². The molecule has 0 aliphatic rings. The first-order valence-corrected chi connectivity index (χ1v) is 6.46. The van der Waals surface area contributed by atoms with Crippen LogP contribution in [0.2, 0.25) is 0 Å². The lowest BCUT2D eigenvalue weighted by Crippen LogP contribution is -2.14. The second-order valence-electron chi connectivity index (χ2n) is 4.44. The van der Waals surface area contributed by atoms with Gasteiger partial charge >= 0.3 is 0 Å².